The molecule has 2 rings (SSSR count). The smallest absolute Gasteiger partial charge is 0.0488 e. The van der Waals surface area contributed by atoms with Crippen LogP contribution < -0.4 is 5.32 Å². The number of rotatable bonds is 6. The summed E-state index contributed by atoms with van der Waals surface area (Å²) in [4.78, 5) is 0. The Morgan fingerprint density at radius 3 is 2.47 bits per heavy atom. The fourth-order valence-electron chi connectivity index (χ4n) is 2.33. The van der Waals surface area contributed by atoms with E-state index in [1.165, 1.54) is 5.56 Å². The number of hydrogen-bond acceptors (Lipinski definition) is 2. The van der Waals surface area contributed by atoms with Gasteiger partial charge in [-0.1, -0.05) is 44.2 Å². The van der Waals surface area contributed by atoms with Crippen molar-refractivity contribution in [1.82, 2.24) is 5.32 Å². The Morgan fingerprint density at radius 1 is 1.24 bits per heavy atom. The van der Waals surface area contributed by atoms with Gasteiger partial charge in [0.05, 0.1) is 0 Å². The summed E-state index contributed by atoms with van der Waals surface area (Å²) in [7, 11) is 0. The number of ether oxygens (including phenoxy) is 1. The van der Waals surface area contributed by atoms with E-state index in [-0.39, 0.29) is 0 Å². The van der Waals surface area contributed by atoms with Crippen LogP contribution in [0.25, 0.3) is 0 Å². The van der Waals surface area contributed by atoms with Gasteiger partial charge in [-0.15, -0.1) is 0 Å². The Hall–Kier alpha value is -0.860. The van der Waals surface area contributed by atoms with E-state index in [4.69, 9.17) is 4.74 Å². The summed E-state index contributed by atoms with van der Waals surface area (Å²) in [6.07, 6.45) is 1.12. The van der Waals surface area contributed by atoms with E-state index in [1.54, 1.807) is 0 Å². The van der Waals surface area contributed by atoms with Crippen molar-refractivity contribution in [3.05, 3.63) is 35.9 Å². The van der Waals surface area contributed by atoms with Crippen molar-refractivity contribution in [2.24, 2.45) is 5.92 Å². The van der Waals surface area contributed by atoms with Gasteiger partial charge in [-0.05, 0) is 17.9 Å². The van der Waals surface area contributed by atoms with Crippen molar-refractivity contribution in [3.8, 4) is 0 Å². The van der Waals surface area contributed by atoms with E-state index in [0.29, 0.717) is 11.3 Å². The van der Waals surface area contributed by atoms with Gasteiger partial charge in [-0.25, -0.2) is 0 Å². The zero-order valence-electron chi connectivity index (χ0n) is 10.9. The van der Waals surface area contributed by atoms with Gasteiger partial charge in [0.2, 0.25) is 0 Å². The lowest BCUT2D eigenvalue weighted by molar-refractivity contribution is 0.0817. The van der Waals surface area contributed by atoms with Crippen LogP contribution in [-0.4, -0.2) is 26.3 Å². The van der Waals surface area contributed by atoms with E-state index >= 15 is 0 Å². The zero-order chi connectivity index (χ0) is 12.1. The van der Waals surface area contributed by atoms with Gasteiger partial charge in [0, 0.05) is 31.7 Å². The molecule has 0 unspecified atom stereocenters. The average molecular weight is 233 g/mol. The predicted octanol–water partition coefficient (Wildman–Crippen LogP) is 2.59. The van der Waals surface area contributed by atoms with Gasteiger partial charge in [-0.2, -0.15) is 0 Å². The molecule has 0 aliphatic carbocycles. The molecule has 0 spiro atoms. The van der Waals surface area contributed by atoms with Crippen molar-refractivity contribution in [1.29, 1.82) is 0 Å². The van der Waals surface area contributed by atoms with Crippen molar-refractivity contribution < 1.29 is 4.74 Å². The quantitative estimate of drug-likeness (QED) is 0.763. The zero-order valence-corrected chi connectivity index (χ0v) is 10.9. The normalized spacial score (nSPS) is 18.1. The lowest BCUT2D eigenvalue weighted by Gasteiger charge is -2.43. The maximum Gasteiger partial charge on any atom is 0.0488 e. The Morgan fingerprint density at radius 2 is 1.94 bits per heavy atom. The van der Waals surface area contributed by atoms with Crippen LogP contribution in [0.2, 0.25) is 0 Å². The second kappa shape index (κ2) is 5.65. The minimum Gasteiger partial charge on any atom is -0.381 e. The van der Waals surface area contributed by atoms with Crippen molar-refractivity contribution in [3.63, 3.8) is 0 Å². The van der Waals surface area contributed by atoms with Crippen LogP contribution in [0.15, 0.2) is 30.3 Å². The Balaban J connectivity index is 1.88. The summed E-state index contributed by atoms with van der Waals surface area (Å²) in [5.41, 5.74) is 1.77. The van der Waals surface area contributed by atoms with Crippen LogP contribution in [0.5, 0.6) is 0 Å². The molecule has 0 radical (unpaired) electrons. The first kappa shape index (κ1) is 12.6. The first-order valence-corrected chi connectivity index (χ1v) is 6.57. The van der Waals surface area contributed by atoms with Gasteiger partial charge in [0.15, 0.2) is 0 Å². The van der Waals surface area contributed by atoms with Crippen molar-refractivity contribution >= 4 is 0 Å². The fourth-order valence-corrected chi connectivity index (χ4v) is 2.33. The van der Waals surface area contributed by atoms with Gasteiger partial charge in [-0.3, -0.25) is 0 Å². The maximum absolute atomic E-state index is 5.72. The molecule has 1 N–H and O–H groups in total. The van der Waals surface area contributed by atoms with Crippen LogP contribution in [0, 0.1) is 5.92 Å². The molecule has 2 nitrogen and oxygen atoms in total. The third kappa shape index (κ3) is 3.08. The fraction of sp³-hybridized carbons (Fsp3) is 0.600. The molecule has 0 atom stereocenters. The maximum atomic E-state index is 5.72. The Labute approximate surface area is 104 Å². The molecule has 1 aliphatic rings. The monoisotopic (exact) mass is 233 g/mol. The highest BCUT2D eigenvalue weighted by atomic mass is 16.5. The molecule has 0 aromatic heterocycles. The molecule has 17 heavy (non-hydrogen) atoms. The minimum absolute atomic E-state index is 0.318. The summed E-state index contributed by atoms with van der Waals surface area (Å²) >= 11 is 0. The summed E-state index contributed by atoms with van der Waals surface area (Å²) in [5, 5.41) is 3.39. The summed E-state index contributed by atoms with van der Waals surface area (Å²) in [6, 6.07) is 10.8. The highest BCUT2D eigenvalue weighted by Crippen LogP contribution is 2.31. The lowest BCUT2D eigenvalue weighted by Crippen LogP contribution is -2.57. The predicted molar refractivity (Wildman–Crippen MR) is 71.3 cm³/mol. The van der Waals surface area contributed by atoms with Gasteiger partial charge < -0.3 is 10.1 Å². The molecule has 0 bridgehead atoms. The molecule has 0 amide bonds. The first-order valence-electron chi connectivity index (χ1n) is 6.57. The molecule has 1 aromatic rings. The largest absolute Gasteiger partial charge is 0.381 e. The van der Waals surface area contributed by atoms with Crippen LogP contribution in [0.4, 0.5) is 0 Å². The van der Waals surface area contributed by atoms with Crippen molar-refractivity contribution in [2.45, 2.75) is 25.7 Å². The topological polar surface area (TPSA) is 21.3 Å². The van der Waals surface area contributed by atoms with Crippen LogP contribution in [0.3, 0.4) is 0 Å². The van der Waals surface area contributed by atoms with E-state index in [9.17, 15) is 0 Å². The summed E-state index contributed by atoms with van der Waals surface area (Å²) in [5.74, 6) is 0.627. The third-order valence-corrected chi connectivity index (χ3v) is 3.49. The van der Waals surface area contributed by atoms with E-state index in [1.807, 2.05) is 0 Å². The van der Waals surface area contributed by atoms with Crippen molar-refractivity contribution in [2.75, 3.05) is 26.3 Å². The molecule has 1 aromatic carbocycles. The van der Waals surface area contributed by atoms with Crippen LogP contribution in [-0.2, 0) is 10.2 Å². The first-order chi connectivity index (χ1) is 8.23. The standard InChI is InChI=1S/C15H23NO/c1-13(2)10-17-9-8-15(11-16-12-15)14-6-4-3-5-7-14/h3-7,13,16H,8-12H2,1-2H3. The van der Waals surface area contributed by atoms with Crippen LogP contribution in [0.1, 0.15) is 25.8 Å². The summed E-state index contributed by atoms with van der Waals surface area (Å²) < 4.78 is 5.72. The van der Waals surface area contributed by atoms with Gasteiger partial charge in [0.25, 0.3) is 0 Å². The number of nitrogens with one attached hydrogen (secondary N) is 1. The van der Waals surface area contributed by atoms with Gasteiger partial charge >= 0.3 is 0 Å². The molecule has 2 heteroatoms. The molecule has 1 heterocycles. The highest BCUT2D eigenvalue weighted by molar-refractivity contribution is 5.29. The molecular weight excluding hydrogens is 210 g/mol. The second-order valence-corrected chi connectivity index (χ2v) is 5.47. The highest BCUT2D eigenvalue weighted by Gasteiger charge is 2.37. The molecular formula is C15H23NO. The molecule has 0 saturated carbocycles. The lowest BCUT2D eigenvalue weighted by atomic mass is 9.73. The molecule has 94 valence electrons. The van der Waals surface area contributed by atoms with E-state index in [0.717, 1.165) is 32.7 Å². The second-order valence-electron chi connectivity index (χ2n) is 5.47. The van der Waals surface area contributed by atoms with E-state index in [2.05, 4.69) is 49.5 Å². The minimum atomic E-state index is 0.318. The summed E-state index contributed by atoms with van der Waals surface area (Å²) in [6.45, 7) is 8.30. The number of benzene rings is 1. The van der Waals surface area contributed by atoms with Gasteiger partial charge in [0.1, 0.15) is 0 Å². The third-order valence-electron chi connectivity index (χ3n) is 3.49. The Kier molecular flexibility index (Phi) is 4.19. The van der Waals surface area contributed by atoms with Crippen LogP contribution >= 0.6 is 0 Å². The molecule has 1 saturated heterocycles. The Bertz CT molecular complexity index is 330. The average Bonchev–Trinajstić information content (AvgIpc) is 2.28. The molecule has 1 fully saturated rings. The number of hydrogen-bond donors (Lipinski definition) is 1. The molecule has 1 aliphatic heterocycles. The SMILES string of the molecule is CC(C)COCCC1(c2ccccc2)CNC1. The van der Waals surface area contributed by atoms with E-state index < -0.39 is 0 Å².